The number of hydrogen-bond acceptors (Lipinski definition) is 8. The van der Waals surface area contributed by atoms with Crippen molar-refractivity contribution in [3.8, 4) is 0 Å². The zero-order chi connectivity index (χ0) is 38.3. The normalized spacial score (nSPS) is 12.7. The van der Waals surface area contributed by atoms with Crippen LogP contribution < -0.4 is 5.32 Å². The monoisotopic (exact) mass is 750 g/mol. The second kappa shape index (κ2) is 38.8. The molecule has 0 radical (unpaired) electrons. The van der Waals surface area contributed by atoms with Crippen LogP contribution in [0.5, 0.6) is 0 Å². The van der Waals surface area contributed by atoms with Gasteiger partial charge in [-0.15, -0.1) is 4.33 Å². The summed E-state index contributed by atoms with van der Waals surface area (Å²) in [6.45, 7) is 3.62. The molecule has 0 amide bonds. The van der Waals surface area contributed by atoms with E-state index in [0.717, 1.165) is 38.5 Å². The number of carbonyl (C=O) groups is 2. The lowest BCUT2D eigenvalue weighted by Gasteiger charge is -2.25. The van der Waals surface area contributed by atoms with Gasteiger partial charge in [0.05, 0.1) is 14.1 Å². The molecule has 10 heteroatoms. The topological polar surface area (TPSA) is 147 Å². The third-order valence-corrected chi connectivity index (χ3v) is 9.77. The summed E-state index contributed by atoms with van der Waals surface area (Å²) < 4.78 is 36.1. The number of hydrogen-bond donors (Lipinski definition) is 2. The molecule has 0 spiro atoms. The Kier molecular flexibility index (Phi) is 39.7. The first-order chi connectivity index (χ1) is 24.6. The van der Waals surface area contributed by atoms with Crippen molar-refractivity contribution in [3.05, 3.63) is 0 Å². The minimum Gasteiger partial charge on any atom is -0.724 e. The molecular formula is C41H83NO8S. The fraction of sp³-hybridized carbons (Fsp3) is 0.951. The van der Waals surface area contributed by atoms with Gasteiger partial charge >= 0.3 is 0 Å². The smallest absolute Gasteiger partial charge is 0.245 e. The standard InChI is InChI=1S/C39H76O8S.C2H7N/c1-3-5-7-9-11-13-15-17-19-21-23-25-27-29-31-33-37(40)35-39(42,36-46-47-48(43,44)45)38(41)34-32-30-28-26-24-22-20-18-16-14-12-10-8-6-4-2;1-3-2/h42H,3-36H2,1-2H3,(H,43,44,45);3H,1-2H3. The molecule has 0 saturated heterocycles. The maximum Gasteiger partial charge on any atom is 0.245 e. The number of quaternary nitrogens is 1. The lowest BCUT2D eigenvalue weighted by molar-refractivity contribution is -0.597. The second-order valence-corrected chi connectivity index (χ2v) is 15.8. The highest BCUT2D eigenvalue weighted by Gasteiger charge is 2.38. The predicted octanol–water partition coefficient (Wildman–Crippen LogP) is 9.99. The molecule has 1 atom stereocenters. The van der Waals surface area contributed by atoms with Crippen LogP contribution in [0.25, 0.3) is 0 Å². The van der Waals surface area contributed by atoms with Crippen molar-refractivity contribution < 1.29 is 42.2 Å². The van der Waals surface area contributed by atoms with Gasteiger partial charge < -0.3 is 15.0 Å². The Morgan fingerprint density at radius 1 is 0.549 bits per heavy atom. The summed E-state index contributed by atoms with van der Waals surface area (Å²) >= 11 is 0. The number of rotatable bonds is 39. The van der Waals surface area contributed by atoms with Crippen molar-refractivity contribution in [3.63, 3.8) is 0 Å². The summed E-state index contributed by atoms with van der Waals surface area (Å²) in [5.74, 6) is -0.875. The van der Waals surface area contributed by atoms with Gasteiger partial charge in [0.15, 0.2) is 11.4 Å². The van der Waals surface area contributed by atoms with Gasteiger partial charge in [0.2, 0.25) is 10.4 Å². The van der Waals surface area contributed by atoms with E-state index in [1.165, 1.54) is 141 Å². The summed E-state index contributed by atoms with van der Waals surface area (Å²) in [4.78, 5) is 30.0. The average Bonchev–Trinajstić information content (AvgIpc) is 3.07. The molecule has 0 saturated carbocycles. The lowest BCUT2D eigenvalue weighted by atomic mass is 9.88. The number of aliphatic hydroxyl groups is 1. The Hall–Kier alpha value is -0.910. The van der Waals surface area contributed by atoms with Crippen LogP contribution >= 0.6 is 0 Å². The SMILES string of the molecule is CCCCCCCCCCCCCCCCCC(=O)CC(O)(COOS(=O)(=O)[O-])C(=O)CCCCCCCCCCCCCCCCC.C[NH2+]C. The van der Waals surface area contributed by atoms with E-state index in [1.54, 1.807) is 0 Å². The molecule has 9 nitrogen and oxygen atoms in total. The Balaban J connectivity index is 0. The largest absolute Gasteiger partial charge is 0.724 e. The first-order valence-corrected chi connectivity index (χ1v) is 22.7. The van der Waals surface area contributed by atoms with Crippen molar-refractivity contribution in [1.29, 1.82) is 0 Å². The fourth-order valence-electron chi connectivity index (χ4n) is 6.41. The molecule has 0 aromatic carbocycles. The summed E-state index contributed by atoms with van der Waals surface area (Å²) in [5, 5.41) is 13.0. The van der Waals surface area contributed by atoms with Gasteiger partial charge in [-0.2, -0.15) is 0 Å². The molecule has 306 valence electrons. The highest BCUT2D eigenvalue weighted by atomic mass is 32.3. The Labute approximate surface area is 315 Å². The maximum absolute atomic E-state index is 12.9. The molecule has 0 aliphatic carbocycles. The minimum atomic E-state index is -5.16. The first kappa shape index (κ1) is 52.2. The van der Waals surface area contributed by atoms with Gasteiger partial charge in [0, 0.05) is 19.3 Å². The highest BCUT2D eigenvalue weighted by molar-refractivity contribution is 7.80. The summed E-state index contributed by atoms with van der Waals surface area (Å²) in [6.07, 6.45) is 36.0. The summed E-state index contributed by atoms with van der Waals surface area (Å²) in [6, 6.07) is 0. The van der Waals surface area contributed by atoms with Gasteiger partial charge in [-0.05, 0) is 12.8 Å². The van der Waals surface area contributed by atoms with Crippen molar-refractivity contribution in [2.75, 3.05) is 20.7 Å². The lowest BCUT2D eigenvalue weighted by Crippen LogP contribution is -2.74. The van der Waals surface area contributed by atoms with Crippen molar-refractivity contribution in [2.45, 2.75) is 231 Å². The minimum absolute atomic E-state index is 0.0501. The molecule has 51 heavy (non-hydrogen) atoms. The van der Waals surface area contributed by atoms with E-state index < -0.39 is 34.8 Å². The third-order valence-electron chi connectivity index (χ3n) is 9.50. The zero-order valence-electron chi connectivity index (χ0n) is 33.8. The molecule has 0 rings (SSSR count). The Morgan fingerprint density at radius 2 is 0.824 bits per heavy atom. The second-order valence-electron chi connectivity index (χ2n) is 14.9. The van der Waals surface area contributed by atoms with Crippen molar-refractivity contribution in [2.24, 2.45) is 0 Å². The zero-order valence-corrected chi connectivity index (χ0v) is 34.6. The van der Waals surface area contributed by atoms with Gasteiger partial charge in [-0.25, -0.2) is 13.3 Å². The van der Waals surface area contributed by atoms with Crippen LogP contribution in [0.4, 0.5) is 0 Å². The fourth-order valence-corrected chi connectivity index (χ4v) is 6.57. The van der Waals surface area contributed by atoms with E-state index in [9.17, 15) is 27.7 Å². The van der Waals surface area contributed by atoms with Gasteiger partial charge in [0.25, 0.3) is 0 Å². The molecule has 0 heterocycles. The van der Waals surface area contributed by atoms with E-state index in [1.807, 2.05) is 19.4 Å². The molecule has 0 aromatic heterocycles. The molecule has 1 unspecified atom stereocenters. The molecule has 0 aliphatic heterocycles. The average molecular weight is 750 g/mol. The number of carbonyl (C=O) groups excluding carboxylic acids is 2. The van der Waals surface area contributed by atoms with Crippen LogP contribution in [0.2, 0.25) is 0 Å². The maximum atomic E-state index is 12.9. The quantitative estimate of drug-likeness (QED) is 0.0208. The Bertz CT molecular complexity index is 870. The molecule has 0 aliphatic rings. The Morgan fingerprint density at radius 3 is 1.12 bits per heavy atom. The van der Waals surface area contributed by atoms with E-state index >= 15 is 0 Å². The van der Waals surface area contributed by atoms with Crippen molar-refractivity contribution in [1.82, 2.24) is 0 Å². The van der Waals surface area contributed by atoms with Gasteiger partial charge in [-0.1, -0.05) is 194 Å². The van der Waals surface area contributed by atoms with Gasteiger partial charge in [0.1, 0.15) is 12.4 Å². The van der Waals surface area contributed by atoms with E-state index in [2.05, 4.69) is 23.1 Å². The van der Waals surface area contributed by atoms with Crippen LogP contribution in [0.15, 0.2) is 0 Å². The van der Waals surface area contributed by atoms with E-state index in [-0.39, 0.29) is 18.6 Å². The molecule has 0 aromatic rings. The van der Waals surface area contributed by atoms with Crippen molar-refractivity contribution >= 4 is 22.0 Å². The molecule has 3 N–H and O–H groups in total. The third kappa shape index (κ3) is 40.1. The highest BCUT2D eigenvalue weighted by Crippen LogP contribution is 2.21. The number of unbranched alkanes of at least 4 members (excludes halogenated alkanes) is 28. The van der Waals surface area contributed by atoms with Gasteiger partial charge in [-0.3, -0.25) is 9.59 Å². The number of Topliss-reactive ketones (excluding diaryl/α,β-unsaturated/α-hetero) is 2. The molecule has 0 bridgehead atoms. The molecular weight excluding hydrogens is 667 g/mol. The van der Waals surface area contributed by atoms with Crippen LogP contribution in [0.1, 0.15) is 226 Å². The van der Waals surface area contributed by atoms with Crippen LogP contribution in [0, 0.1) is 0 Å². The summed E-state index contributed by atoms with van der Waals surface area (Å²) in [5.41, 5.74) is -2.21. The number of ketones is 2. The molecule has 0 fully saturated rings. The van der Waals surface area contributed by atoms with Crippen LogP contribution in [-0.2, 0) is 29.2 Å². The van der Waals surface area contributed by atoms with Crippen LogP contribution in [0.3, 0.4) is 0 Å². The van der Waals surface area contributed by atoms with E-state index in [0.29, 0.717) is 12.8 Å². The van der Waals surface area contributed by atoms with E-state index in [4.69, 9.17) is 0 Å². The predicted molar refractivity (Wildman–Crippen MR) is 209 cm³/mol. The summed E-state index contributed by atoms with van der Waals surface area (Å²) in [7, 11) is -1.16. The van der Waals surface area contributed by atoms with Crippen LogP contribution in [-0.4, -0.2) is 55.9 Å². The first-order valence-electron chi connectivity index (χ1n) is 21.3. The number of nitrogens with two attached hydrogens (primary N) is 1.